The second-order valence-electron chi connectivity index (χ2n) is 6.66. The second kappa shape index (κ2) is 5.60. The van der Waals surface area contributed by atoms with Gasteiger partial charge in [0.15, 0.2) is 0 Å². The van der Waals surface area contributed by atoms with Gasteiger partial charge in [-0.25, -0.2) is 0 Å². The molecular weight excluding hydrogens is 224 g/mol. The normalized spacial score (nSPS) is 38.9. The van der Waals surface area contributed by atoms with E-state index in [-0.39, 0.29) is 0 Å². The van der Waals surface area contributed by atoms with E-state index in [2.05, 4.69) is 10.6 Å². The number of hydrogen-bond donors (Lipinski definition) is 2. The van der Waals surface area contributed by atoms with Crippen molar-refractivity contribution in [3.05, 3.63) is 0 Å². The summed E-state index contributed by atoms with van der Waals surface area (Å²) in [5, 5.41) is 6.56. The highest BCUT2D eigenvalue weighted by atomic mass is 16.1. The van der Waals surface area contributed by atoms with Crippen LogP contribution >= 0.6 is 0 Å². The smallest absolute Gasteiger partial charge is 0.220 e. The molecular formula is C15H26N2O. The fraction of sp³-hybridized carbons (Fsp3) is 0.933. The molecule has 2 bridgehead atoms. The van der Waals surface area contributed by atoms with Crippen LogP contribution in [0.5, 0.6) is 0 Å². The molecule has 3 rings (SSSR count). The topological polar surface area (TPSA) is 41.1 Å². The van der Waals surface area contributed by atoms with E-state index >= 15 is 0 Å². The van der Waals surface area contributed by atoms with Crippen LogP contribution < -0.4 is 10.6 Å². The zero-order valence-electron chi connectivity index (χ0n) is 11.3. The summed E-state index contributed by atoms with van der Waals surface area (Å²) in [7, 11) is 0. The van der Waals surface area contributed by atoms with E-state index in [9.17, 15) is 4.79 Å². The Bertz CT molecular complexity index is 299. The molecule has 0 aromatic heterocycles. The summed E-state index contributed by atoms with van der Waals surface area (Å²) in [5.41, 5.74) is 0. The molecule has 1 aliphatic heterocycles. The van der Waals surface area contributed by atoms with Crippen LogP contribution in [0.2, 0.25) is 0 Å². The van der Waals surface area contributed by atoms with Crippen molar-refractivity contribution in [2.45, 2.75) is 44.9 Å². The van der Waals surface area contributed by atoms with Gasteiger partial charge < -0.3 is 10.6 Å². The van der Waals surface area contributed by atoms with Crippen LogP contribution in [0.3, 0.4) is 0 Å². The second-order valence-corrected chi connectivity index (χ2v) is 6.66. The minimum Gasteiger partial charge on any atom is -0.356 e. The van der Waals surface area contributed by atoms with E-state index < -0.39 is 0 Å². The molecule has 0 aromatic rings. The van der Waals surface area contributed by atoms with E-state index in [1.807, 2.05) is 0 Å². The van der Waals surface area contributed by atoms with Gasteiger partial charge in [0.25, 0.3) is 0 Å². The molecule has 2 saturated carbocycles. The summed E-state index contributed by atoms with van der Waals surface area (Å²) in [6.45, 7) is 3.11. The molecule has 18 heavy (non-hydrogen) atoms. The Morgan fingerprint density at radius 1 is 1.22 bits per heavy atom. The average molecular weight is 250 g/mol. The lowest BCUT2D eigenvalue weighted by Gasteiger charge is -2.24. The monoisotopic (exact) mass is 250 g/mol. The summed E-state index contributed by atoms with van der Waals surface area (Å²) in [4.78, 5) is 12.0. The zero-order chi connectivity index (χ0) is 12.4. The molecule has 102 valence electrons. The SMILES string of the molecule is O=C(CC1CC2CCC1C2)NCC1CCCNC1. The highest BCUT2D eigenvalue weighted by Gasteiger charge is 2.40. The summed E-state index contributed by atoms with van der Waals surface area (Å²) < 4.78 is 0. The van der Waals surface area contributed by atoms with E-state index in [0.717, 1.165) is 37.9 Å². The van der Waals surface area contributed by atoms with Crippen molar-refractivity contribution in [1.29, 1.82) is 0 Å². The Balaban J connectivity index is 1.36. The quantitative estimate of drug-likeness (QED) is 0.800. The molecule has 1 saturated heterocycles. The molecule has 3 aliphatic rings. The van der Waals surface area contributed by atoms with Gasteiger partial charge in [-0.3, -0.25) is 4.79 Å². The van der Waals surface area contributed by atoms with E-state index in [1.165, 1.54) is 38.5 Å². The van der Waals surface area contributed by atoms with Gasteiger partial charge in [0.1, 0.15) is 0 Å². The molecule has 2 aliphatic carbocycles. The van der Waals surface area contributed by atoms with Gasteiger partial charge in [-0.05, 0) is 68.9 Å². The maximum absolute atomic E-state index is 12.0. The predicted octanol–water partition coefficient (Wildman–Crippen LogP) is 1.93. The third kappa shape index (κ3) is 2.87. The van der Waals surface area contributed by atoms with Crippen molar-refractivity contribution < 1.29 is 4.79 Å². The maximum atomic E-state index is 12.0. The molecule has 0 radical (unpaired) electrons. The molecule has 0 spiro atoms. The highest BCUT2D eigenvalue weighted by Crippen LogP contribution is 2.49. The molecule has 2 N–H and O–H groups in total. The molecule has 1 heterocycles. The van der Waals surface area contributed by atoms with Crippen LogP contribution in [0.25, 0.3) is 0 Å². The fourth-order valence-corrected chi connectivity index (χ4v) is 4.29. The fourth-order valence-electron chi connectivity index (χ4n) is 4.29. The van der Waals surface area contributed by atoms with Gasteiger partial charge in [0.05, 0.1) is 0 Å². The van der Waals surface area contributed by atoms with Gasteiger partial charge in [0.2, 0.25) is 5.91 Å². The third-order valence-corrected chi connectivity index (χ3v) is 5.32. The van der Waals surface area contributed by atoms with E-state index in [0.29, 0.717) is 17.7 Å². The van der Waals surface area contributed by atoms with Crippen LogP contribution in [0.4, 0.5) is 0 Å². The minimum absolute atomic E-state index is 0.304. The van der Waals surface area contributed by atoms with Crippen molar-refractivity contribution >= 4 is 5.91 Å². The molecule has 1 amide bonds. The van der Waals surface area contributed by atoms with Crippen LogP contribution in [-0.4, -0.2) is 25.5 Å². The summed E-state index contributed by atoms with van der Waals surface area (Å²) in [6, 6.07) is 0. The van der Waals surface area contributed by atoms with Crippen LogP contribution in [-0.2, 0) is 4.79 Å². The summed E-state index contributed by atoms with van der Waals surface area (Å²) in [5.74, 6) is 3.49. The third-order valence-electron chi connectivity index (χ3n) is 5.32. The molecule has 4 atom stereocenters. The zero-order valence-corrected chi connectivity index (χ0v) is 11.3. The van der Waals surface area contributed by atoms with Gasteiger partial charge >= 0.3 is 0 Å². The van der Waals surface area contributed by atoms with Gasteiger partial charge in [0, 0.05) is 13.0 Å². The van der Waals surface area contributed by atoms with Gasteiger partial charge in [-0.2, -0.15) is 0 Å². The number of hydrogen-bond acceptors (Lipinski definition) is 2. The number of nitrogens with one attached hydrogen (secondary N) is 2. The lowest BCUT2D eigenvalue weighted by atomic mass is 9.86. The average Bonchev–Trinajstić information content (AvgIpc) is 3.00. The maximum Gasteiger partial charge on any atom is 0.220 e. The van der Waals surface area contributed by atoms with Gasteiger partial charge in [-0.15, -0.1) is 0 Å². The Morgan fingerprint density at radius 3 is 2.83 bits per heavy atom. The van der Waals surface area contributed by atoms with Crippen LogP contribution in [0.1, 0.15) is 44.9 Å². The molecule has 3 nitrogen and oxygen atoms in total. The van der Waals surface area contributed by atoms with E-state index in [4.69, 9.17) is 0 Å². The highest BCUT2D eigenvalue weighted by molar-refractivity contribution is 5.76. The molecule has 3 heteroatoms. The Kier molecular flexibility index (Phi) is 3.88. The number of carbonyl (C=O) groups is 1. The summed E-state index contributed by atoms with van der Waals surface area (Å²) >= 11 is 0. The Morgan fingerprint density at radius 2 is 2.17 bits per heavy atom. The van der Waals surface area contributed by atoms with Crippen molar-refractivity contribution in [2.24, 2.45) is 23.7 Å². The number of piperidine rings is 1. The standard InChI is InChI=1S/C15H26N2O/c18-15(17-10-12-2-1-5-16-9-12)8-14-7-11-3-4-13(14)6-11/h11-14,16H,1-10H2,(H,17,18). The molecule has 4 unspecified atom stereocenters. The first-order valence-electron chi connectivity index (χ1n) is 7.78. The van der Waals surface area contributed by atoms with Crippen LogP contribution in [0, 0.1) is 23.7 Å². The largest absolute Gasteiger partial charge is 0.356 e. The Hall–Kier alpha value is -0.570. The first-order chi connectivity index (χ1) is 8.81. The van der Waals surface area contributed by atoms with Gasteiger partial charge in [-0.1, -0.05) is 6.42 Å². The lowest BCUT2D eigenvalue weighted by molar-refractivity contribution is -0.122. The van der Waals surface area contributed by atoms with Crippen LogP contribution in [0.15, 0.2) is 0 Å². The summed E-state index contributed by atoms with van der Waals surface area (Å²) in [6.07, 6.45) is 8.86. The van der Waals surface area contributed by atoms with Crippen molar-refractivity contribution in [3.8, 4) is 0 Å². The minimum atomic E-state index is 0.304. The van der Waals surface area contributed by atoms with Crippen molar-refractivity contribution in [2.75, 3.05) is 19.6 Å². The first-order valence-corrected chi connectivity index (χ1v) is 7.78. The van der Waals surface area contributed by atoms with Crippen molar-refractivity contribution in [1.82, 2.24) is 10.6 Å². The molecule has 0 aromatic carbocycles. The molecule has 3 fully saturated rings. The van der Waals surface area contributed by atoms with Crippen molar-refractivity contribution in [3.63, 3.8) is 0 Å². The number of carbonyl (C=O) groups excluding carboxylic acids is 1. The number of fused-ring (bicyclic) bond motifs is 2. The number of amides is 1. The Labute approximate surface area is 110 Å². The lowest BCUT2D eigenvalue weighted by Crippen LogP contribution is -2.38. The first kappa shape index (κ1) is 12.5. The number of rotatable bonds is 4. The predicted molar refractivity (Wildman–Crippen MR) is 72.2 cm³/mol. The van der Waals surface area contributed by atoms with E-state index in [1.54, 1.807) is 0 Å².